The number of nitrogens with one attached hydrogen (secondary N) is 1. The molecule has 0 radical (unpaired) electrons. The van der Waals surface area contributed by atoms with Crippen LogP contribution in [-0.4, -0.2) is 29.9 Å². The molecule has 22 heavy (non-hydrogen) atoms. The summed E-state index contributed by atoms with van der Waals surface area (Å²) in [4.78, 5) is 4.55. The van der Waals surface area contributed by atoms with Gasteiger partial charge < -0.3 is 14.6 Å². The van der Waals surface area contributed by atoms with Crippen LogP contribution < -0.4 is 5.32 Å². The van der Waals surface area contributed by atoms with Crippen molar-refractivity contribution in [1.82, 2.24) is 15.5 Å². The molecule has 1 aliphatic carbocycles. The number of benzene rings is 1. The van der Waals surface area contributed by atoms with Gasteiger partial charge in [0.05, 0.1) is 24.7 Å². The Labute approximate surface area is 133 Å². The van der Waals surface area contributed by atoms with Crippen molar-refractivity contribution in [3.8, 4) is 0 Å². The van der Waals surface area contributed by atoms with Crippen molar-refractivity contribution >= 4 is 12.4 Å². The van der Waals surface area contributed by atoms with Crippen molar-refractivity contribution in [2.75, 3.05) is 19.8 Å². The van der Waals surface area contributed by atoms with E-state index >= 15 is 0 Å². The van der Waals surface area contributed by atoms with Crippen LogP contribution in [0.1, 0.15) is 36.2 Å². The van der Waals surface area contributed by atoms with Gasteiger partial charge in [0.2, 0.25) is 5.89 Å². The Hall–Kier alpha value is -1.50. The molecule has 7 heteroatoms. The Kier molecular flexibility index (Phi) is 4.16. The average Bonchev–Trinajstić information content (AvgIpc) is 3.19. The van der Waals surface area contributed by atoms with Crippen LogP contribution in [0.4, 0.5) is 4.39 Å². The van der Waals surface area contributed by atoms with Gasteiger partial charge in [0, 0.05) is 6.54 Å². The van der Waals surface area contributed by atoms with Crippen LogP contribution in [0.25, 0.3) is 0 Å². The smallest absolute Gasteiger partial charge is 0.237 e. The number of hydrogen-bond donors (Lipinski definition) is 1. The zero-order valence-corrected chi connectivity index (χ0v) is 12.7. The van der Waals surface area contributed by atoms with E-state index in [0.29, 0.717) is 24.9 Å². The first-order valence-electron chi connectivity index (χ1n) is 7.19. The highest BCUT2D eigenvalue weighted by Crippen LogP contribution is 2.52. The van der Waals surface area contributed by atoms with Gasteiger partial charge in [0.1, 0.15) is 5.82 Å². The first kappa shape index (κ1) is 15.4. The summed E-state index contributed by atoms with van der Waals surface area (Å²) in [6.45, 7) is 2.06. The Bertz CT molecular complexity index is 636. The molecule has 1 atom stereocenters. The normalized spacial score (nSPS) is 22.9. The number of hydrogen-bond acceptors (Lipinski definition) is 5. The third kappa shape index (κ3) is 2.62. The highest BCUT2D eigenvalue weighted by Gasteiger charge is 2.51. The van der Waals surface area contributed by atoms with E-state index in [1.165, 1.54) is 12.1 Å². The number of halogens is 2. The minimum atomic E-state index is -0.232. The topological polar surface area (TPSA) is 60.2 Å². The van der Waals surface area contributed by atoms with E-state index in [2.05, 4.69) is 15.5 Å². The van der Waals surface area contributed by atoms with E-state index in [0.717, 1.165) is 24.9 Å². The summed E-state index contributed by atoms with van der Waals surface area (Å²) in [5.74, 6) is 1.03. The molecule has 1 N–H and O–H groups in total. The van der Waals surface area contributed by atoms with Crippen molar-refractivity contribution in [2.45, 2.75) is 24.3 Å². The maximum Gasteiger partial charge on any atom is 0.237 e. The lowest BCUT2D eigenvalue weighted by Crippen LogP contribution is -2.35. The van der Waals surface area contributed by atoms with Crippen LogP contribution in [0.2, 0.25) is 0 Å². The van der Waals surface area contributed by atoms with Crippen LogP contribution in [0.3, 0.4) is 0 Å². The minimum absolute atomic E-state index is 0. The van der Waals surface area contributed by atoms with Gasteiger partial charge in [-0.2, -0.15) is 4.98 Å². The highest BCUT2D eigenvalue weighted by atomic mass is 35.5. The molecule has 0 spiro atoms. The molecule has 1 saturated carbocycles. The SMILES string of the molecule is Cl.Fc1ccc(C2(c3nc(C4COCCN4)no3)CC2)cc1. The lowest BCUT2D eigenvalue weighted by molar-refractivity contribution is 0.0734. The highest BCUT2D eigenvalue weighted by molar-refractivity contribution is 5.85. The van der Waals surface area contributed by atoms with Crippen LogP contribution >= 0.6 is 12.4 Å². The van der Waals surface area contributed by atoms with Gasteiger partial charge in [-0.1, -0.05) is 17.3 Å². The second kappa shape index (κ2) is 5.95. The molecular formula is C15H17ClFN3O2. The van der Waals surface area contributed by atoms with Crippen LogP contribution in [0.15, 0.2) is 28.8 Å². The van der Waals surface area contributed by atoms with Gasteiger partial charge in [-0.15, -0.1) is 12.4 Å². The molecule has 0 bridgehead atoms. The van der Waals surface area contributed by atoms with Crippen LogP contribution in [0, 0.1) is 5.82 Å². The minimum Gasteiger partial charge on any atom is -0.378 e. The molecule has 2 aromatic rings. The van der Waals surface area contributed by atoms with E-state index in [-0.39, 0.29) is 29.7 Å². The van der Waals surface area contributed by atoms with Gasteiger partial charge >= 0.3 is 0 Å². The second-order valence-corrected chi connectivity index (χ2v) is 5.63. The maximum absolute atomic E-state index is 13.1. The molecule has 2 heterocycles. The number of morpholine rings is 1. The molecule has 1 aliphatic heterocycles. The first-order chi connectivity index (χ1) is 10.3. The van der Waals surface area contributed by atoms with E-state index < -0.39 is 0 Å². The molecule has 2 aliphatic rings. The summed E-state index contributed by atoms with van der Waals surface area (Å²) >= 11 is 0. The monoisotopic (exact) mass is 325 g/mol. The van der Waals surface area contributed by atoms with Crippen molar-refractivity contribution in [3.05, 3.63) is 47.4 Å². The summed E-state index contributed by atoms with van der Waals surface area (Å²) in [5.41, 5.74) is 0.807. The summed E-state index contributed by atoms with van der Waals surface area (Å²) in [6.07, 6.45) is 1.91. The molecule has 0 amide bonds. The third-order valence-corrected chi connectivity index (χ3v) is 4.23. The fraction of sp³-hybridized carbons (Fsp3) is 0.467. The quantitative estimate of drug-likeness (QED) is 0.939. The lowest BCUT2D eigenvalue weighted by Gasteiger charge is -2.20. The van der Waals surface area contributed by atoms with Gasteiger partial charge in [0.25, 0.3) is 0 Å². The molecule has 1 unspecified atom stereocenters. The third-order valence-electron chi connectivity index (χ3n) is 4.23. The van der Waals surface area contributed by atoms with E-state index in [4.69, 9.17) is 9.26 Å². The van der Waals surface area contributed by atoms with Crippen molar-refractivity contribution < 1.29 is 13.7 Å². The fourth-order valence-corrected chi connectivity index (χ4v) is 2.82. The van der Waals surface area contributed by atoms with E-state index in [9.17, 15) is 4.39 Å². The van der Waals surface area contributed by atoms with Gasteiger partial charge in [-0.05, 0) is 30.5 Å². The number of aromatic nitrogens is 2. The Morgan fingerprint density at radius 3 is 2.64 bits per heavy atom. The fourth-order valence-electron chi connectivity index (χ4n) is 2.82. The van der Waals surface area contributed by atoms with Gasteiger partial charge in [-0.25, -0.2) is 4.39 Å². The molecule has 4 rings (SSSR count). The van der Waals surface area contributed by atoms with Crippen LogP contribution in [-0.2, 0) is 10.2 Å². The van der Waals surface area contributed by atoms with Crippen molar-refractivity contribution in [3.63, 3.8) is 0 Å². The molecule has 5 nitrogen and oxygen atoms in total. The Balaban J connectivity index is 0.00000144. The lowest BCUT2D eigenvalue weighted by atomic mass is 9.96. The zero-order valence-electron chi connectivity index (χ0n) is 11.9. The van der Waals surface area contributed by atoms with Crippen LogP contribution in [0.5, 0.6) is 0 Å². The number of rotatable bonds is 3. The summed E-state index contributed by atoms with van der Waals surface area (Å²) < 4.78 is 24.0. The van der Waals surface area contributed by atoms with E-state index in [1.54, 1.807) is 12.1 Å². The maximum atomic E-state index is 13.1. The zero-order chi connectivity index (χ0) is 14.3. The van der Waals surface area contributed by atoms with E-state index in [1.807, 2.05) is 0 Å². The molecular weight excluding hydrogens is 309 g/mol. The second-order valence-electron chi connectivity index (χ2n) is 5.63. The van der Waals surface area contributed by atoms with Gasteiger partial charge in [0.15, 0.2) is 5.82 Å². The first-order valence-corrected chi connectivity index (χ1v) is 7.19. The van der Waals surface area contributed by atoms with Crippen molar-refractivity contribution in [2.24, 2.45) is 0 Å². The summed E-state index contributed by atoms with van der Waals surface area (Å²) in [6, 6.07) is 6.54. The Morgan fingerprint density at radius 1 is 1.23 bits per heavy atom. The Morgan fingerprint density at radius 2 is 2.00 bits per heavy atom. The average molecular weight is 326 g/mol. The number of nitrogens with zero attached hydrogens (tertiary/aromatic N) is 2. The molecule has 2 fully saturated rings. The van der Waals surface area contributed by atoms with Gasteiger partial charge in [-0.3, -0.25) is 0 Å². The summed E-state index contributed by atoms with van der Waals surface area (Å²) in [7, 11) is 0. The predicted octanol–water partition coefficient (Wildman–Crippen LogP) is 2.37. The molecule has 1 saturated heterocycles. The molecule has 1 aromatic carbocycles. The number of ether oxygens (including phenoxy) is 1. The summed E-state index contributed by atoms with van der Waals surface area (Å²) in [5, 5.41) is 7.39. The predicted molar refractivity (Wildman–Crippen MR) is 79.5 cm³/mol. The largest absolute Gasteiger partial charge is 0.378 e. The standard InChI is InChI=1S/C15H16FN3O2.ClH/c16-11-3-1-10(2-4-11)15(5-6-15)14-18-13(19-21-14)12-9-20-8-7-17-12;/h1-4,12,17H,5-9H2;1H. The molecule has 118 valence electrons. The molecule has 1 aromatic heterocycles. The van der Waals surface area contributed by atoms with Crippen molar-refractivity contribution in [1.29, 1.82) is 0 Å².